The minimum atomic E-state index is -4.42. The molecule has 1 amide bonds. The molecule has 30 heavy (non-hydrogen) atoms. The third-order valence-electron chi connectivity index (χ3n) is 4.98. The van der Waals surface area contributed by atoms with Crippen molar-refractivity contribution in [1.29, 1.82) is 0 Å². The molecule has 3 aromatic rings. The van der Waals surface area contributed by atoms with E-state index in [-0.39, 0.29) is 24.8 Å². The Hall–Kier alpha value is -3.36. The Morgan fingerprint density at radius 2 is 2.00 bits per heavy atom. The lowest BCUT2D eigenvalue weighted by Crippen LogP contribution is -2.24. The van der Waals surface area contributed by atoms with Crippen molar-refractivity contribution in [2.75, 3.05) is 13.7 Å². The van der Waals surface area contributed by atoms with Crippen LogP contribution in [0.5, 0.6) is 5.75 Å². The molecule has 0 spiro atoms. The van der Waals surface area contributed by atoms with E-state index >= 15 is 0 Å². The first kappa shape index (κ1) is 19.9. The van der Waals surface area contributed by atoms with E-state index in [9.17, 15) is 18.0 Å². The van der Waals surface area contributed by atoms with Crippen LogP contribution in [-0.2, 0) is 17.5 Å². The molecule has 0 saturated carbocycles. The molecule has 1 aliphatic rings. The number of halogens is 3. The van der Waals surface area contributed by atoms with Crippen LogP contribution in [0, 0.1) is 0 Å². The van der Waals surface area contributed by atoms with Gasteiger partial charge in [0.05, 0.1) is 24.2 Å². The number of carbonyl (C=O) groups excluding carboxylic acids is 1. The van der Waals surface area contributed by atoms with Crippen LogP contribution in [0.1, 0.15) is 29.4 Å². The fraction of sp³-hybridized carbons (Fsp3) is 0.286. The molecule has 2 aromatic carbocycles. The Labute approximate surface area is 170 Å². The van der Waals surface area contributed by atoms with Gasteiger partial charge in [0.1, 0.15) is 5.75 Å². The van der Waals surface area contributed by atoms with Crippen LogP contribution in [0.2, 0.25) is 0 Å². The lowest BCUT2D eigenvalue weighted by Gasteiger charge is -2.17. The van der Waals surface area contributed by atoms with E-state index in [2.05, 4.69) is 10.1 Å². The molecule has 1 saturated heterocycles. The molecule has 1 atom stereocenters. The molecule has 4 rings (SSSR count). The molecule has 1 fully saturated rings. The molecule has 1 unspecified atom stereocenters. The number of benzene rings is 2. The topological polar surface area (TPSA) is 68.5 Å². The van der Waals surface area contributed by atoms with Gasteiger partial charge in [-0.1, -0.05) is 29.4 Å². The number of methoxy groups -OCH3 is 1. The molecular weight excluding hydrogens is 399 g/mol. The number of amides is 1. The van der Waals surface area contributed by atoms with Crippen molar-refractivity contribution in [2.24, 2.45) is 0 Å². The van der Waals surface area contributed by atoms with Crippen molar-refractivity contribution >= 4 is 5.91 Å². The van der Waals surface area contributed by atoms with Gasteiger partial charge >= 0.3 is 6.18 Å². The van der Waals surface area contributed by atoms with Gasteiger partial charge < -0.3 is 14.2 Å². The Morgan fingerprint density at radius 1 is 1.20 bits per heavy atom. The molecule has 2 heterocycles. The van der Waals surface area contributed by atoms with E-state index in [4.69, 9.17) is 9.26 Å². The van der Waals surface area contributed by atoms with Gasteiger partial charge in [-0.3, -0.25) is 4.79 Å². The standard InChI is InChI=1S/C21H18F3N3O3/c1-29-17-8-3-2-7-16(17)19-25-20(30-26-19)14-10-18(28)27(12-14)11-13-5-4-6-15(9-13)21(22,23)24/h2-9,14H,10-12H2,1H3. The number of likely N-dealkylation sites (tertiary alicyclic amines) is 1. The number of hydrogen-bond acceptors (Lipinski definition) is 5. The van der Waals surface area contributed by atoms with Gasteiger partial charge in [-0.2, -0.15) is 18.2 Å². The largest absolute Gasteiger partial charge is 0.496 e. The van der Waals surface area contributed by atoms with Gasteiger partial charge in [0.2, 0.25) is 17.6 Å². The Balaban J connectivity index is 1.49. The first-order chi connectivity index (χ1) is 14.3. The highest BCUT2D eigenvalue weighted by Gasteiger charge is 2.35. The van der Waals surface area contributed by atoms with Crippen LogP contribution in [0.15, 0.2) is 53.1 Å². The molecule has 1 aliphatic heterocycles. The molecule has 6 nitrogen and oxygen atoms in total. The van der Waals surface area contributed by atoms with Crippen molar-refractivity contribution in [1.82, 2.24) is 15.0 Å². The maximum Gasteiger partial charge on any atom is 0.416 e. The average molecular weight is 417 g/mol. The SMILES string of the molecule is COc1ccccc1-c1noc(C2CC(=O)N(Cc3cccc(C(F)(F)F)c3)C2)n1. The number of carbonyl (C=O) groups is 1. The summed E-state index contributed by atoms with van der Waals surface area (Å²) < 4.78 is 49.4. The van der Waals surface area contributed by atoms with Gasteiger partial charge in [0.15, 0.2) is 0 Å². The molecule has 0 radical (unpaired) electrons. The van der Waals surface area contributed by atoms with Gasteiger partial charge in [-0.05, 0) is 29.8 Å². The summed E-state index contributed by atoms with van der Waals surface area (Å²) in [7, 11) is 1.54. The molecular formula is C21H18F3N3O3. The second-order valence-corrected chi connectivity index (χ2v) is 7.03. The highest BCUT2D eigenvalue weighted by molar-refractivity contribution is 5.79. The van der Waals surface area contributed by atoms with Crippen LogP contribution in [0.25, 0.3) is 11.4 Å². The smallest absolute Gasteiger partial charge is 0.416 e. The summed E-state index contributed by atoms with van der Waals surface area (Å²) in [5.74, 6) is 0.772. The van der Waals surface area contributed by atoms with E-state index in [1.165, 1.54) is 11.0 Å². The molecule has 0 bridgehead atoms. The zero-order valence-electron chi connectivity index (χ0n) is 16.0. The third-order valence-corrected chi connectivity index (χ3v) is 4.98. The van der Waals surface area contributed by atoms with E-state index in [1.807, 2.05) is 12.1 Å². The van der Waals surface area contributed by atoms with Gasteiger partial charge in [0, 0.05) is 19.5 Å². The average Bonchev–Trinajstić information content (AvgIpc) is 3.35. The first-order valence-corrected chi connectivity index (χ1v) is 9.26. The van der Waals surface area contributed by atoms with E-state index < -0.39 is 11.7 Å². The van der Waals surface area contributed by atoms with Crippen LogP contribution < -0.4 is 4.74 Å². The Bertz CT molecular complexity index is 1060. The summed E-state index contributed by atoms with van der Waals surface area (Å²) in [4.78, 5) is 18.3. The molecule has 0 N–H and O–H groups in total. The van der Waals surface area contributed by atoms with Crippen molar-refractivity contribution in [3.8, 4) is 17.1 Å². The van der Waals surface area contributed by atoms with E-state index in [0.717, 1.165) is 12.1 Å². The van der Waals surface area contributed by atoms with Crippen LogP contribution >= 0.6 is 0 Å². The fourth-order valence-electron chi connectivity index (χ4n) is 3.50. The minimum Gasteiger partial charge on any atom is -0.496 e. The van der Waals surface area contributed by atoms with Crippen molar-refractivity contribution in [2.45, 2.75) is 25.1 Å². The van der Waals surface area contributed by atoms with Crippen LogP contribution in [0.4, 0.5) is 13.2 Å². The number of nitrogens with zero attached hydrogens (tertiary/aromatic N) is 3. The number of para-hydroxylation sites is 1. The quantitative estimate of drug-likeness (QED) is 0.620. The summed E-state index contributed by atoms with van der Waals surface area (Å²) in [5, 5.41) is 3.99. The maximum atomic E-state index is 12.9. The summed E-state index contributed by atoms with van der Waals surface area (Å²) in [6.45, 7) is 0.384. The lowest BCUT2D eigenvalue weighted by atomic mass is 10.1. The summed E-state index contributed by atoms with van der Waals surface area (Å²) >= 11 is 0. The molecule has 156 valence electrons. The maximum absolute atomic E-state index is 12.9. The minimum absolute atomic E-state index is 0.0900. The monoisotopic (exact) mass is 417 g/mol. The predicted molar refractivity (Wildman–Crippen MR) is 101 cm³/mol. The van der Waals surface area contributed by atoms with Crippen molar-refractivity contribution in [3.63, 3.8) is 0 Å². The van der Waals surface area contributed by atoms with Crippen molar-refractivity contribution in [3.05, 3.63) is 65.5 Å². The molecule has 0 aliphatic carbocycles. The zero-order chi connectivity index (χ0) is 21.3. The van der Waals surface area contributed by atoms with Crippen LogP contribution in [-0.4, -0.2) is 34.6 Å². The number of alkyl halides is 3. The van der Waals surface area contributed by atoms with Gasteiger partial charge in [-0.25, -0.2) is 0 Å². The van der Waals surface area contributed by atoms with Gasteiger partial charge in [-0.15, -0.1) is 0 Å². The molecule has 1 aromatic heterocycles. The van der Waals surface area contributed by atoms with Crippen molar-refractivity contribution < 1.29 is 27.2 Å². The number of hydrogen-bond donors (Lipinski definition) is 0. The number of rotatable bonds is 5. The highest BCUT2D eigenvalue weighted by atomic mass is 19.4. The summed E-state index contributed by atoms with van der Waals surface area (Å²) in [6.07, 6.45) is -4.27. The highest BCUT2D eigenvalue weighted by Crippen LogP contribution is 2.33. The second-order valence-electron chi connectivity index (χ2n) is 7.03. The second kappa shape index (κ2) is 7.81. The normalized spacial score (nSPS) is 16.9. The summed E-state index contributed by atoms with van der Waals surface area (Å²) in [6, 6.07) is 12.2. The zero-order valence-corrected chi connectivity index (χ0v) is 16.0. The number of aromatic nitrogens is 2. The van der Waals surface area contributed by atoms with E-state index in [0.29, 0.717) is 35.1 Å². The first-order valence-electron chi connectivity index (χ1n) is 9.26. The Morgan fingerprint density at radius 3 is 2.77 bits per heavy atom. The molecule has 9 heteroatoms. The van der Waals surface area contributed by atoms with Gasteiger partial charge in [0.25, 0.3) is 0 Å². The Kier molecular flexibility index (Phi) is 5.19. The fourth-order valence-corrected chi connectivity index (χ4v) is 3.50. The predicted octanol–water partition coefficient (Wildman–Crippen LogP) is 4.28. The summed E-state index contributed by atoms with van der Waals surface area (Å²) in [5.41, 5.74) is 0.348. The van der Waals surface area contributed by atoms with E-state index in [1.54, 1.807) is 25.3 Å². The lowest BCUT2D eigenvalue weighted by molar-refractivity contribution is -0.137. The van der Waals surface area contributed by atoms with Crippen LogP contribution in [0.3, 0.4) is 0 Å². The number of ether oxygens (including phenoxy) is 1. The third kappa shape index (κ3) is 4.00.